The van der Waals surface area contributed by atoms with Crippen LogP contribution in [0, 0.1) is 0 Å². The highest BCUT2D eigenvalue weighted by Crippen LogP contribution is 2.62. The Morgan fingerprint density at radius 1 is 0.415 bits per heavy atom. The number of hydrogen-bond acceptors (Lipinski definition) is 1. The van der Waals surface area contributed by atoms with E-state index in [1.807, 2.05) is 0 Å². The van der Waals surface area contributed by atoms with E-state index in [0.29, 0.717) is 0 Å². The molecular weight excluding hydrogens is 496 g/mol. The third-order valence-electron chi connectivity index (χ3n) is 9.77. The summed E-state index contributed by atoms with van der Waals surface area (Å²) in [5.74, 6) is 1.85. The number of para-hydroxylation sites is 1. The Balaban J connectivity index is 1.37. The average Bonchev–Trinajstić information content (AvgIpc) is 3.44. The van der Waals surface area contributed by atoms with Crippen LogP contribution in [-0.2, 0) is 10.8 Å². The molecule has 6 aromatic carbocycles. The Hall–Kier alpha value is -4.88. The Labute approximate surface area is 240 Å². The molecule has 0 N–H and O–H groups in total. The van der Waals surface area contributed by atoms with Crippen molar-refractivity contribution in [1.29, 1.82) is 0 Å². The van der Waals surface area contributed by atoms with Crippen molar-refractivity contribution in [3.05, 3.63) is 167 Å². The average molecular weight is 525 g/mol. The second-order valence-corrected chi connectivity index (χ2v) is 12.0. The number of benzene rings is 6. The molecule has 2 aliphatic carbocycles. The van der Waals surface area contributed by atoms with E-state index in [2.05, 4.69) is 147 Å². The fourth-order valence-corrected chi connectivity index (χ4v) is 8.02. The van der Waals surface area contributed by atoms with Gasteiger partial charge >= 0.3 is 0 Å². The van der Waals surface area contributed by atoms with Gasteiger partial charge in [0.05, 0.1) is 5.41 Å². The van der Waals surface area contributed by atoms with Gasteiger partial charge in [-0.05, 0) is 73.8 Å². The first-order chi connectivity index (χ1) is 20.1. The Bertz CT molecular complexity index is 2020. The SMILES string of the molecule is CC1(C)c2ccccc2-c2c(-c3ccc4c(c3)C3(c5ccccc5O4)c4ccccc4-c4ccccc43)cccc21. The van der Waals surface area contributed by atoms with Crippen LogP contribution in [0.5, 0.6) is 11.5 Å². The molecule has 3 aliphatic rings. The number of hydrogen-bond donors (Lipinski definition) is 0. The lowest BCUT2D eigenvalue weighted by atomic mass is 9.65. The first-order valence-electron chi connectivity index (χ1n) is 14.4. The molecule has 0 saturated carbocycles. The molecule has 1 aliphatic heterocycles. The lowest BCUT2D eigenvalue weighted by molar-refractivity contribution is 0.436. The topological polar surface area (TPSA) is 9.23 Å². The van der Waals surface area contributed by atoms with E-state index in [-0.39, 0.29) is 5.41 Å². The van der Waals surface area contributed by atoms with Gasteiger partial charge < -0.3 is 4.74 Å². The fraction of sp³-hybridized carbons (Fsp3) is 0.100. The van der Waals surface area contributed by atoms with Gasteiger partial charge in [0.25, 0.3) is 0 Å². The third-order valence-corrected chi connectivity index (χ3v) is 9.77. The summed E-state index contributed by atoms with van der Waals surface area (Å²) in [5.41, 5.74) is 15.1. The molecule has 1 nitrogen and oxygen atoms in total. The van der Waals surface area contributed by atoms with E-state index in [4.69, 9.17) is 4.74 Å². The maximum Gasteiger partial charge on any atom is 0.132 e. The van der Waals surface area contributed by atoms with Gasteiger partial charge in [-0.15, -0.1) is 0 Å². The largest absolute Gasteiger partial charge is 0.457 e. The summed E-state index contributed by atoms with van der Waals surface area (Å²) in [4.78, 5) is 0. The molecule has 0 saturated heterocycles. The van der Waals surface area contributed by atoms with Gasteiger partial charge in [-0.2, -0.15) is 0 Å². The van der Waals surface area contributed by atoms with Gasteiger partial charge in [0, 0.05) is 16.5 Å². The van der Waals surface area contributed by atoms with E-state index in [0.717, 1.165) is 11.5 Å². The van der Waals surface area contributed by atoms with Gasteiger partial charge in [0.1, 0.15) is 11.5 Å². The van der Waals surface area contributed by atoms with Crippen LogP contribution in [0.25, 0.3) is 33.4 Å². The molecule has 0 fully saturated rings. The minimum Gasteiger partial charge on any atom is -0.457 e. The van der Waals surface area contributed by atoms with E-state index >= 15 is 0 Å². The highest BCUT2D eigenvalue weighted by Gasteiger charge is 2.51. The molecule has 0 radical (unpaired) electrons. The predicted octanol–water partition coefficient (Wildman–Crippen LogP) is 10.1. The van der Waals surface area contributed by atoms with Crippen molar-refractivity contribution in [2.75, 3.05) is 0 Å². The fourth-order valence-electron chi connectivity index (χ4n) is 8.02. The molecule has 194 valence electrons. The van der Waals surface area contributed by atoms with Crippen LogP contribution in [0.4, 0.5) is 0 Å². The van der Waals surface area contributed by atoms with Crippen LogP contribution >= 0.6 is 0 Å². The van der Waals surface area contributed by atoms with Crippen molar-refractivity contribution in [3.63, 3.8) is 0 Å². The standard InChI is InChI=1S/C40H28O/c1-39(2)30-16-6-5-14-29(30)38-26(15-11-20-34(38)39)25-22-23-37-35(24-25)40(33-19-9-10-21-36(33)41-37)31-17-7-3-12-27(31)28-13-4-8-18-32(28)40/h3-24H,1-2H3. The molecule has 6 aromatic rings. The minimum atomic E-state index is -0.456. The zero-order chi connectivity index (χ0) is 27.3. The second kappa shape index (κ2) is 7.86. The van der Waals surface area contributed by atoms with Gasteiger partial charge in [-0.1, -0.05) is 129 Å². The zero-order valence-corrected chi connectivity index (χ0v) is 23.1. The molecule has 1 spiro atoms. The summed E-state index contributed by atoms with van der Waals surface area (Å²) in [5, 5.41) is 0. The van der Waals surface area contributed by atoms with Crippen molar-refractivity contribution in [2.45, 2.75) is 24.7 Å². The molecule has 1 heteroatoms. The first kappa shape index (κ1) is 22.9. The third kappa shape index (κ3) is 2.76. The van der Waals surface area contributed by atoms with Crippen LogP contribution in [0.3, 0.4) is 0 Å². The molecule has 0 atom stereocenters. The quantitative estimate of drug-likeness (QED) is 0.208. The van der Waals surface area contributed by atoms with Crippen molar-refractivity contribution in [2.24, 2.45) is 0 Å². The summed E-state index contributed by atoms with van der Waals surface area (Å²) in [7, 11) is 0. The Kier molecular flexibility index (Phi) is 4.39. The summed E-state index contributed by atoms with van der Waals surface area (Å²) >= 11 is 0. The Morgan fingerprint density at radius 3 is 1.68 bits per heavy atom. The highest BCUT2D eigenvalue weighted by atomic mass is 16.5. The van der Waals surface area contributed by atoms with Crippen LogP contribution in [-0.4, -0.2) is 0 Å². The molecule has 0 unspecified atom stereocenters. The highest BCUT2D eigenvalue weighted by molar-refractivity contribution is 5.94. The van der Waals surface area contributed by atoms with E-state index in [1.165, 1.54) is 66.8 Å². The maximum absolute atomic E-state index is 6.67. The number of ether oxygens (including phenoxy) is 1. The van der Waals surface area contributed by atoms with Crippen molar-refractivity contribution in [1.82, 2.24) is 0 Å². The molecule has 0 aromatic heterocycles. The lowest BCUT2D eigenvalue weighted by Crippen LogP contribution is -2.32. The van der Waals surface area contributed by atoms with Gasteiger partial charge in [-0.3, -0.25) is 0 Å². The van der Waals surface area contributed by atoms with Crippen molar-refractivity contribution in [3.8, 4) is 44.9 Å². The van der Waals surface area contributed by atoms with Gasteiger partial charge in [0.15, 0.2) is 0 Å². The molecule has 1 heterocycles. The van der Waals surface area contributed by atoms with E-state index in [1.54, 1.807) is 0 Å². The summed E-state index contributed by atoms with van der Waals surface area (Å²) < 4.78 is 6.67. The normalized spacial score (nSPS) is 15.7. The molecule has 0 bridgehead atoms. The lowest BCUT2D eigenvalue weighted by Gasteiger charge is -2.39. The first-order valence-corrected chi connectivity index (χ1v) is 14.4. The van der Waals surface area contributed by atoms with Crippen molar-refractivity contribution < 1.29 is 4.74 Å². The monoisotopic (exact) mass is 524 g/mol. The molecule has 41 heavy (non-hydrogen) atoms. The summed E-state index contributed by atoms with van der Waals surface area (Å²) in [6.45, 7) is 4.70. The summed E-state index contributed by atoms with van der Waals surface area (Å²) in [6.07, 6.45) is 0. The predicted molar refractivity (Wildman–Crippen MR) is 167 cm³/mol. The number of rotatable bonds is 1. The van der Waals surface area contributed by atoms with E-state index < -0.39 is 5.41 Å². The van der Waals surface area contributed by atoms with Crippen LogP contribution in [0.1, 0.15) is 47.2 Å². The zero-order valence-electron chi connectivity index (χ0n) is 23.1. The van der Waals surface area contributed by atoms with Gasteiger partial charge in [0.2, 0.25) is 0 Å². The molecule has 9 rings (SSSR count). The van der Waals surface area contributed by atoms with Crippen LogP contribution in [0.15, 0.2) is 133 Å². The second-order valence-electron chi connectivity index (χ2n) is 12.0. The van der Waals surface area contributed by atoms with Crippen LogP contribution in [0.2, 0.25) is 0 Å². The van der Waals surface area contributed by atoms with Crippen molar-refractivity contribution >= 4 is 0 Å². The molecular formula is C40H28O. The van der Waals surface area contributed by atoms with Gasteiger partial charge in [-0.25, -0.2) is 0 Å². The minimum absolute atomic E-state index is 0.0389. The molecule has 0 amide bonds. The Morgan fingerprint density at radius 2 is 0.951 bits per heavy atom. The van der Waals surface area contributed by atoms with E-state index in [9.17, 15) is 0 Å². The van der Waals surface area contributed by atoms with Crippen LogP contribution < -0.4 is 4.74 Å². The summed E-state index contributed by atoms with van der Waals surface area (Å²) in [6, 6.07) is 49.0. The number of fused-ring (bicyclic) bond motifs is 12. The smallest absolute Gasteiger partial charge is 0.132 e. The maximum atomic E-state index is 6.67.